The van der Waals surface area contributed by atoms with Crippen LogP contribution < -0.4 is 4.74 Å². The molecule has 88 valence electrons. The van der Waals surface area contributed by atoms with E-state index in [1.165, 1.54) is 0 Å². The van der Waals surface area contributed by atoms with Gasteiger partial charge in [0.05, 0.1) is 5.54 Å². The summed E-state index contributed by atoms with van der Waals surface area (Å²) >= 11 is 3.43. The lowest BCUT2D eigenvalue weighted by atomic mass is 9.79. The third kappa shape index (κ3) is 2.04. The van der Waals surface area contributed by atoms with Gasteiger partial charge in [-0.05, 0) is 30.7 Å². The fourth-order valence-electron chi connectivity index (χ4n) is 2.12. The number of nitrogens with zero attached hydrogens (tertiary/aromatic N) is 3. The smallest absolute Gasteiger partial charge is 0.123 e. The zero-order valence-corrected chi connectivity index (χ0v) is 11.0. The number of rotatable bonds is 2. The van der Waals surface area contributed by atoms with Gasteiger partial charge in [0.2, 0.25) is 0 Å². The van der Waals surface area contributed by atoms with E-state index in [0.717, 1.165) is 15.8 Å². The van der Waals surface area contributed by atoms with E-state index in [9.17, 15) is 0 Å². The van der Waals surface area contributed by atoms with Gasteiger partial charge in [-0.2, -0.15) is 0 Å². The van der Waals surface area contributed by atoms with Crippen LogP contribution in [0.15, 0.2) is 40.4 Å². The average Bonchev–Trinajstić information content (AvgIpc) is 2.29. The molecule has 5 heteroatoms. The lowest BCUT2D eigenvalue weighted by Crippen LogP contribution is -2.39. The van der Waals surface area contributed by atoms with Crippen molar-refractivity contribution in [1.29, 1.82) is 0 Å². The molecule has 1 aliphatic rings. The van der Waals surface area contributed by atoms with Crippen LogP contribution in [0.1, 0.15) is 18.4 Å². The zero-order valence-electron chi connectivity index (χ0n) is 9.43. The van der Waals surface area contributed by atoms with Gasteiger partial charge in [0.25, 0.3) is 0 Å². The van der Waals surface area contributed by atoms with Crippen LogP contribution in [0.3, 0.4) is 0 Å². The Balaban J connectivity index is 2.56. The van der Waals surface area contributed by atoms with Crippen LogP contribution in [0, 0.1) is 0 Å². The zero-order chi connectivity index (χ0) is 12.5. The molecule has 0 spiro atoms. The van der Waals surface area contributed by atoms with Crippen molar-refractivity contribution in [2.45, 2.75) is 18.4 Å². The number of hydrogen-bond donors (Lipinski definition) is 0. The van der Waals surface area contributed by atoms with Crippen LogP contribution in [0.2, 0.25) is 0 Å². The van der Waals surface area contributed by atoms with E-state index in [1.807, 2.05) is 31.2 Å². The first-order valence-corrected chi connectivity index (χ1v) is 6.01. The highest BCUT2D eigenvalue weighted by Gasteiger charge is 2.39. The van der Waals surface area contributed by atoms with Crippen LogP contribution >= 0.6 is 15.9 Å². The number of azide groups is 1. The molecule has 1 aromatic rings. The Kier molecular flexibility index (Phi) is 3.13. The van der Waals surface area contributed by atoms with Crippen LogP contribution in [0.4, 0.5) is 0 Å². The van der Waals surface area contributed by atoms with Crippen molar-refractivity contribution in [2.75, 3.05) is 6.61 Å². The highest BCUT2D eigenvalue weighted by Crippen LogP contribution is 2.43. The van der Waals surface area contributed by atoms with Crippen molar-refractivity contribution in [3.63, 3.8) is 0 Å². The third-order valence-corrected chi connectivity index (χ3v) is 3.50. The average molecular weight is 294 g/mol. The Morgan fingerprint density at radius 1 is 1.71 bits per heavy atom. The van der Waals surface area contributed by atoms with Gasteiger partial charge in [0.1, 0.15) is 12.4 Å². The summed E-state index contributed by atoms with van der Waals surface area (Å²) in [5.41, 5.74) is 9.03. The number of halogens is 1. The maximum absolute atomic E-state index is 8.66. The second kappa shape index (κ2) is 4.43. The summed E-state index contributed by atoms with van der Waals surface area (Å²) in [6, 6.07) is 5.81. The fourth-order valence-corrected chi connectivity index (χ4v) is 2.50. The quantitative estimate of drug-likeness (QED) is 0.349. The second-order valence-electron chi connectivity index (χ2n) is 4.23. The summed E-state index contributed by atoms with van der Waals surface area (Å²) in [7, 11) is 0. The Hall–Kier alpha value is -1.45. The largest absolute Gasteiger partial charge is 0.493 e. The van der Waals surface area contributed by atoms with E-state index in [-0.39, 0.29) is 5.92 Å². The number of ether oxygens (including phenoxy) is 1. The SMILES string of the molecule is C=C[C@H]1c2cc(Br)ccc2OC[C@@]1(C)N=[N+]=[N-]. The van der Waals surface area contributed by atoms with E-state index in [4.69, 9.17) is 10.3 Å². The topological polar surface area (TPSA) is 58.0 Å². The number of benzene rings is 1. The van der Waals surface area contributed by atoms with Crippen molar-refractivity contribution in [3.8, 4) is 5.75 Å². The summed E-state index contributed by atoms with van der Waals surface area (Å²) in [6.45, 7) is 6.08. The van der Waals surface area contributed by atoms with Gasteiger partial charge in [-0.15, -0.1) is 6.58 Å². The molecule has 0 saturated carbocycles. The van der Waals surface area contributed by atoms with Crippen LogP contribution in [-0.4, -0.2) is 12.1 Å². The monoisotopic (exact) mass is 293 g/mol. The highest BCUT2D eigenvalue weighted by molar-refractivity contribution is 9.10. The van der Waals surface area contributed by atoms with Gasteiger partial charge in [0.15, 0.2) is 0 Å². The predicted octanol–water partition coefficient (Wildman–Crippen LogP) is 4.18. The number of fused-ring (bicyclic) bond motifs is 1. The fraction of sp³-hybridized carbons (Fsp3) is 0.333. The molecule has 1 aliphatic heterocycles. The van der Waals surface area contributed by atoms with Crippen molar-refractivity contribution in [3.05, 3.63) is 51.3 Å². The van der Waals surface area contributed by atoms with Crippen molar-refractivity contribution < 1.29 is 4.74 Å². The van der Waals surface area contributed by atoms with Crippen LogP contribution in [-0.2, 0) is 0 Å². The molecule has 0 saturated heterocycles. The summed E-state index contributed by atoms with van der Waals surface area (Å²) in [4.78, 5) is 2.91. The van der Waals surface area contributed by atoms with Crippen molar-refractivity contribution in [1.82, 2.24) is 0 Å². The van der Waals surface area contributed by atoms with Gasteiger partial charge in [-0.1, -0.05) is 27.1 Å². The molecule has 2 atom stereocenters. The molecular formula is C12H12BrN3O. The normalized spacial score (nSPS) is 26.4. The Morgan fingerprint density at radius 3 is 3.12 bits per heavy atom. The van der Waals surface area contributed by atoms with Gasteiger partial charge in [-0.3, -0.25) is 0 Å². The van der Waals surface area contributed by atoms with E-state index in [2.05, 4.69) is 32.5 Å². The molecular weight excluding hydrogens is 282 g/mol. The van der Waals surface area contributed by atoms with Crippen molar-refractivity contribution >= 4 is 15.9 Å². The molecule has 17 heavy (non-hydrogen) atoms. The maximum Gasteiger partial charge on any atom is 0.123 e. The number of hydrogen-bond acceptors (Lipinski definition) is 2. The van der Waals surface area contributed by atoms with E-state index in [1.54, 1.807) is 0 Å². The van der Waals surface area contributed by atoms with E-state index >= 15 is 0 Å². The Labute approximate surface area is 108 Å². The molecule has 0 radical (unpaired) electrons. The molecule has 4 nitrogen and oxygen atoms in total. The highest BCUT2D eigenvalue weighted by atomic mass is 79.9. The first-order valence-electron chi connectivity index (χ1n) is 5.22. The molecule has 0 aromatic heterocycles. The maximum atomic E-state index is 8.66. The summed E-state index contributed by atoms with van der Waals surface area (Å²) in [5, 5.41) is 3.87. The first-order chi connectivity index (χ1) is 8.10. The molecule has 0 fully saturated rings. The second-order valence-corrected chi connectivity index (χ2v) is 5.15. The molecule has 2 rings (SSSR count). The summed E-state index contributed by atoms with van der Waals surface area (Å²) in [6.07, 6.45) is 1.81. The first kappa shape index (κ1) is 12.0. The van der Waals surface area contributed by atoms with Gasteiger partial charge < -0.3 is 4.74 Å². The van der Waals surface area contributed by atoms with Gasteiger partial charge in [-0.25, -0.2) is 0 Å². The molecule has 1 aromatic carbocycles. The van der Waals surface area contributed by atoms with E-state index < -0.39 is 5.54 Å². The summed E-state index contributed by atoms with van der Waals surface area (Å²) < 4.78 is 6.61. The molecule has 0 amide bonds. The predicted molar refractivity (Wildman–Crippen MR) is 70.1 cm³/mol. The Bertz CT molecular complexity index is 510. The van der Waals surface area contributed by atoms with Crippen molar-refractivity contribution in [2.24, 2.45) is 5.11 Å². The molecule has 0 aliphatic carbocycles. The minimum Gasteiger partial charge on any atom is -0.493 e. The minimum absolute atomic E-state index is 0.0420. The minimum atomic E-state index is -0.621. The van der Waals surface area contributed by atoms with Crippen LogP contribution in [0.5, 0.6) is 5.75 Å². The van der Waals surface area contributed by atoms with Gasteiger partial charge >= 0.3 is 0 Å². The molecule has 0 bridgehead atoms. The molecule has 0 unspecified atom stereocenters. The van der Waals surface area contributed by atoms with Gasteiger partial charge in [0, 0.05) is 20.9 Å². The standard InChI is InChI=1S/C12H12BrN3O/c1-3-10-9-6-8(13)4-5-11(9)17-7-12(10,2)15-16-14/h3-6,10H,1,7H2,2H3/t10-,12+/m0/s1. The third-order valence-electron chi connectivity index (χ3n) is 3.01. The van der Waals surface area contributed by atoms with E-state index in [0.29, 0.717) is 6.61 Å². The molecule has 0 N–H and O–H groups in total. The molecule has 1 heterocycles. The lowest BCUT2D eigenvalue weighted by Gasteiger charge is -2.37. The summed E-state index contributed by atoms with van der Waals surface area (Å²) in [5.74, 6) is 0.781. The Morgan fingerprint density at radius 2 is 2.47 bits per heavy atom. The lowest BCUT2D eigenvalue weighted by molar-refractivity contribution is 0.189. The van der Waals surface area contributed by atoms with Crippen LogP contribution in [0.25, 0.3) is 10.4 Å².